The average molecular weight is 403 g/mol. The number of ketones is 1. The van der Waals surface area contributed by atoms with Gasteiger partial charge in [-0.1, -0.05) is 13.3 Å². The Morgan fingerprint density at radius 3 is 2.36 bits per heavy atom. The number of benzene rings is 1. The molecule has 0 aromatic heterocycles. The second kappa shape index (κ2) is 10.4. The van der Waals surface area contributed by atoms with E-state index in [0.717, 1.165) is 26.0 Å². The van der Waals surface area contributed by atoms with Crippen LogP contribution in [0, 0.1) is 34.5 Å². The first-order chi connectivity index (χ1) is 13.2. The zero-order valence-corrected chi connectivity index (χ0v) is 15.5. The van der Waals surface area contributed by atoms with Crippen molar-refractivity contribution in [3.63, 3.8) is 0 Å². The summed E-state index contributed by atoms with van der Waals surface area (Å²) in [7, 11) is 0. The number of hydrogen-bond acceptors (Lipinski definition) is 7. The Morgan fingerprint density at radius 1 is 1.18 bits per heavy atom. The zero-order chi connectivity index (χ0) is 21.4. The Bertz CT molecular complexity index is 812. The molecule has 0 heterocycles. The Balaban J connectivity index is 3.48. The number of hydrogen-bond donors (Lipinski definition) is 2. The number of esters is 1. The number of halogens is 3. The molecule has 28 heavy (non-hydrogen) atoms. The molecule has 0 radical (unpaired) electrons. The molecule has 0 amide bonds. The normalized spacial score (nSPS) is 11.3. The Kier molecular flexibility index (Phi) is 8.58. The van der Waals surface area contributed by atoms with Gasteiger partial charge in [0.2, 0.25) is 11.6 Å². The van der Waals surface area contributed by atoms with Crippen LogP contribution in [0.5, 0.6) is 0 Å². The van der Waals surface area contributed by atoms with E-state index in [4.69, 9.17) is 4.74 Å². The Labute approximate surface area is 158 Å². The monoisotopic (exact) mass is 403 g/mol. The third-order valence-electron chi connectivity index (χ3n) is 3.64. The van der Waals surface area contributed by atoms with Gasteiger partial charge in [-0.25, -0.2) is 19.0 Å². The fraction of sp³-hybridized carbons (Fsp3) is 0.412. The first kappa shape index (κ1) is 23.1. The second-order valence-corrected chi connectivity index (χ2v) is 5.58. The fourth-order valence-electron chi connectivity index (χ4n) is 2.17. The zero-order valence-electron chi connectivity index (χ0n) is 15.5. The number of carbonyl (C=O) groups is 2. The number of ether oxygens (including phenoxy) is 1. The first-order valence-electron chi connectivity index (χ1n) is 8.40. The molecule has 1 aromatic rings. The predicted octanol–water partition coefficient (Wildman–Crippen LogP) is 2.84. The molecule has 154 valence electrons. The molecule has 0 spiro atoms. The van der Waals surface area contributed by atoms with E-state index >= 15 is 0 Å². The first-order valence-corrected chi connectivity index (χ1v) is 8.40. The van der Waals surface area contributed by atoms with Crippen molar-refractivity contribution in [1.82, 2.24) is 10.9 Å². The van der Waals surface area contributed by atoms with Gasteiger partial charge in [0.1, 0.15) is 17.0 Å². The largest absolute Gasteiger partial charge is 0.462 e. The van der Waals surface area contributed by atoms with Gasteiger partial charge in [0.25, 0.3) is 0 Å². The molecular formula is C17H20F3N3O5. The van der Waals surface area contributed by atoms with E-state index in [2.05, 4.69) is 10.9 Å². The summed E-state index contributed by atoms with van der Waals surface area (Å²) in [6, 6.07) is 0. The van der Waals surface area contributed by atoms with E-state index in [0.29, 0.717) is 6.54 Å². The number of hydrazine groups is 1. The van der Waals surface area contributed by atoms with Crippen LogP contribution in [0.3, 0.4) is 0 Å². The summed E-state index contributed by atoms with van der Waals surface area (Å²) >= 11 is 0. The van der Waals surface area contributed by atoms with Gasteiger partial charge in [-0.05, 0) is 20.3 Å². The lowest BCUT2D eigenvalue weighted by molar-refractivity contribution is -0.388. The number of nitro benzene ring substituents is 1. The standard InChI is InChI=1S/C17H20F3N3O5/c1-4-6-7-21-22-8-10(17(25)28-5-2)16(24)11-12(18)9(3)13(19)14(20)15(11)23(26)27/h8,21-22H,4-7H2,1-3H3. The molecule has 1 rings (SSSR count). The van der Waals surface area contributed by atoms with Crippen LogP contribution in [-0.2, 0) is 9.53 Å². The summed E-state index contributed by atoms with van der Waals surface area (Å²) in [5.41, 5.74) is 0.273. The molecule has 2 N–H and O–H groups in total. The van der Waals surface area contributed by atoms with Crippen LogP contribution in [0.4, 0.5) is 18.9 Å². The van der Waals surface area contributed by atoms with Gasteiger partial charge in [-0.2, -0.15) is 4.39 Å². The summed E-state index contributed by atoms with van der Waals surface area (Å²) in [6.45, 7) is 4.49. The van der Waals surface area contributed by atoms with Crippen molar-refractivity contribution in [2.24, 2.45) is 0 Å². The lowest BCUT2D eigenvalue weighted by Crippen LogP contribution is -2.30. The molecular weight excluding hydrogens is 383 g/mol. The SMILES string of the molecule is CCCCNNC=C(C(=O)OCC)C(=O)c1c(F)c(C)c(F)c(F)c1[N+](=O)[O-]. The van der Waals surface area contributed by atoms with Crippen molar-refractivity contribution >= 4 is 17.4 Å². The molecule has 0 unspecified atom stereocenters. The highest BCUT2D eigenvalue weighted by atomic mass is 19.2. The lowest BCUT2D eigenvalue weighted by atomic mass is 9.98. The topological polar surface area (TPSA) is 111 Å². The fourth-order valence-corrected chi connectivity index (χ4v) is 2.17. The summed E-state index contributed by atoms with van der Waals surface area (Å²) in [4.78, 5) is 34.4. The van der Waals surface area contributed by atoms with Crippen molar-refractivity contribution < 1.29 is 32.4 Å². The van der Waals surface area contributed by atoms with E-state index in [1.165, 1.54) is 6.92 Å². The number of rotatable bonds is 10. The van der Waals surface area contributed by atoms with Crippen molar-refractivity contribution in [2.75, 3.05) is 13.2 Å². The molecule has 0 aliphatic rings. The van der Waals surface area contributed by atoms with Gasteiger partial charge in [0.15, 0.2) is 5.82 Å². The van der Waals surface area contributed by atoms with Crippen molar-refractivity contribution in [1.29, 1.82) is 0 Å². The van der Waals surface area contributed by atoms with Gasteiger partial charge in [-0.15, -0.1) is 0 Å². The van der Waals surface area contributed by atoms with Gasteiger partial charge >= 0.3 is 11.7 Å². The lowest BCUT2D eigenvalue weighted by Gasteiger charge is -2.11. The molecule has 0 aliphatic heterocycles. The highest BCUT2D eigenvalue weighted by Gasteiger charge is 2.37. The average Bonchev–Trinajstić information content (AvgIpc) is 2.65. The van der Waals surface area contributed by atoms with Crippen molar-refractivity contribution in [2.45, 2.75) is 33.6 Å². The van der Waals surface area contributed by atoms with Crippen molar-refractivity contribution in [3.8, 4) is 0 Å². The molecule has 1 aromatic carbocycles. The summed E-state index contributed by atoms with van der Waals surface area (Å²) in [5, 5.41) is 11.1. The van der Waals surface area contributed by atoms with Crippen LogP contribution in [0.15, 0.2) is 11.8 Å². The smallest absolute Gasteiger partial charge is 0.343 e. The van der Waals surface area contributed by atoms with Gasteiger partial charge in [0, 0.05) is 18.3 Å². The van der Waals surface area contributed by atoms with Crippen LogP contribution in [-0.4, -0.2) is 29.8 Å². The number of carbonyl (C=O) groups excluding carboxylic acids is 2. The molecule has 0 aliphatic carbocycles. The highest BCUT2D eigenvalue weighted by Crippen LogP contribution is 2.32. The molecule has 0 saturated carbocycles. The van der Waals surface area contributed by atoms with Gasteiger partial charge < -0.3 is 10.2 Å². The Morgan fingerprint density at radius 2 is 1.82 bits per heavy atom. The number of nitrogens with one attached hydrogen (secondary N) is 2. The van der Waals surface area contributed by atoms with E-state index < -0.39 is 56.5 Å². The molecule has 0 bridgehead atoms. The predicted molar refractivity (Wildman–Crippen MR) is 92.8 cm³/mol. The summed E-state index contributed by atoms with van der Waals surface area (Å²) in [5.74, 6) is -8.15. The van der Waals surface area contributed by atoms with E-state index in [1.807, 2.05) is 6.92 Å². The third-order valence-corrected chi connectivity index (χ3v) is 3.64. The van der Waals surface area contributed by atoms with E-state index in [9.17, 15) is 32.9 Å². The highest BCUT2D eigenvalue weighted by molar-refractivity contribution is 6.25. The molecule has 0 atom stereocenters. The Hall–Kier alpha value is -2.95. The molecule has 11 heteroatoms. The maximum atomic E-state index is 14.5. The number of unbranched alkanes of at least 4 members (excludes halogenated alkanes) is 1. The molecule has 0 saturated heterocycles. The quantitative estimate of drug-likeness (QED) is 0.0711. The minimum absolute atomic E-state index is 0.145. The molecule has 8 nitrogen and oxygen atoms in total. The van der Waals surface area contributed by atoms with E-state index in [-0.39, 0.29) is 6.61 Å². The van der Waals surface area contributed by atoms with Crippen LogP contribution in [0.2, 0.25) is 0 Å². The number of nitrogens with zero attached hydrogens (tertiary/aromatic N) is 1. The van der Waals surface area contributed by atoms with Crippen LogP contribution >= 0.6 is 0 Å². The van der Waals surface area contributed by atoms with Gasteiger partial charge in [-0.3, -0.25) is 14.9 Å². The second-order valence-electron chi connectivity index (χ2n) is 5.58. The van der Waals surface area contributed by atoms with Crippen LogP contribution < -0.4 is 10.9 Å². The minimum Gasteiger partial charge on any atom is -0.462 e. The maximum absolute atomic E-state index is 14.5. The van der Waals surface area contributed by atoms with Gasteiger partial charge in [0.05, 0.1) is 11.5 Å². The van der Waals surface area contributed by atoms with Crippen LogP contribution in [0.25, 0.3) is 0 Å². The maximum Gasteiger partial charge on any atom is 0.343 e. The minimum atomic E-state index is -2.00. The third kappa shape index (κ3) is 5.06. The number of Topliss-reactive ketones (excluding diaryl/α,β-unsaturated/α-hetero) is 1. The molecule has 0 fully saturated rings. The van der Waals surface area contributed by atoms with E-state index in [1.54, 1.807) is 0 Å². The summed E-state index contributed by atoms with van der Waals surface area (Å²) < 4.78 is 46.9. The van der Waals surface area contributed by atoms with Crippen LogP contribution in [0.1, 0.15) is 42.6 Å². The van der Waals surface area contributed by atoms with Crippen molar-refractivity contribution in [3.05, 3.63) is 50.5 Å². The number of nitro groups is 1. The summed E-state index contributed by atoms with van der Waals surface area (Å²) in [6.07, 6.45) is 2.44.